The Morgan fingerprint density at radius 2 is 1.50 bits per heavy atom. The molecule has 0 radical (unpaired) electrons. The maximum atomic E-state index is 11.9. The highest BCUT2D eigenvalue weighted by Crippen LogP contribution is 2.30. The van der Waals surface area contributed by atoms with Crippen LogP contribution in [0.2, 0.25) is 0 Å². The summed E-state index contributed by atoms with van der Waals surface area (Å²) in [7, 11) is -5.22. The molecular formula is C22H38N2O17S. The Hall–Kier alpha value is -1.63. The van der Waals surface area contributed by atoms with Crippen molar-refractivity contribution in [3.63, 3.8) is 0 Å². The fraction of sp³-hybridized carbons (Fsp3) is 0.909. The van der Waals surface area contributed by atoms with Crippen LogP contribution in [0.5, 0.6) is 0 Å². The maximum Gasteiger partial charge on any atom is 0.397 e. The van der Waals surface area contributed by atoms with Gasteiger partial charge in [-0.15, -0.1) is 0 Å². The minimum atomic E-state index is -5.22. The monoisotopic (exact) mass is 634 g/mol. The number of aliphatic hydroxyl groups excluding tert-OH is 6. The van der Waals surface area contributed by atoms with Crippen LogP contribution in [0.1, 0.15) is 20.8 Å². The molecule has 14 atom stereocenters. The smallest absolute Gasteiger partial charge is 0.394 e. The van der Waals surface area contributed by atoms with Crippen molar-refractivity contribution in [1.29, 1.82) is 0 Å². The van der Waals surface area contributed by atoms with Gasteiger partial charge in [-0.2, -0.15) is 8.42 Å². The second-order valence-corrected chi connectivity index (χ2v) is 11.3. The summed E-state index contributed by atoms with van der Waals surface area (Å²) >= 11 is 0. The molecule has 0 spiro atoms. The van der Waals surface area contributed by atoms with Gasteiger partial charge in [0, 0.05) is 13.8 Å². The minimum Gasteiger partial charge on any atom is -0.394 e. The molecular weight excluding hydrogens is 596 g/mol. The number of ether oxygens (including phenoxy) is 5. The summed E-state index contributed by atoms with van der Waals surface area (Å²) < 4.78 is 66.2. The van der Waals surface area contributed by atoms with Crippen LogP contribution in [0.3, 0.4) is 0 Å². The normalized spacial score (nSPS) is 43.0. The third kappa shape index (κ3) is 8.51. The molecule has 3 heterocycles. The van der Waals surface area contributed by atoms with Crippen LogP contribution < -0.4 is 10.6 Å². The molecule has 3 rings (SSSR count). The molecule has 0 aromatic heterocycles. The Kier molecular flexibility index (Phi) is 12.0. The SMILES string of the molecule is CC(=O)N[C@H]1[C@H](O[C@H]2[C@H](OS(=O)(=O)O)[C@@H](NC(C)=O)CO[C@@H]2CO[C@@H]2O[C@@H](C)[C@@H](O)[C@@H](O)[C@@H]2O)O[C@H](CO)[C@@H](O)[C@@H]1O. The minimum absolute atomic E-state index is 0.416. The lowest BCUT2D eigenvalue weighted by atomic mass is 9.95. The molecule has 2 amide bonds. The van der Waals surface area contributed by atoms with E-state index in [4.69, 9.17) is 27.9 Å². The molecule has 0 aromatic carbocycles. The number of hydrogen-bond donors (Lipinski definition) is 9. The first kappa shape index (κ1) is 34.9. The number of hydrogen-bond acceptors (Lipinski definition) is 16. The molecule has 0 saturated carbocycles. The Morgan fingerprint density at radius 1 is 0.857 bits per heavy atom. The van der Waals surface area contributed by atoms with Crippen molar-refractivity contribution in [2.24, 2.45) is 0 Å². The summed E-state index contributed by atoms with van der Waals surface area (Å²) in [4.78, 5) is 23.7. The Bertz CT molecular complexity index is 1030. The fourth-order valence-corrected chi connectivity index (χ4v) is 5.42. The first-order valence-electron chi connectivity index (χ1n) is 12.9. The second-order valence-electron chi connectivity index (χ2n) is 10.2. The van der Waals surface area contributed by atoms with Gasteiger partial charge in [0.2, 0.25) is 11.8 Å². The van der Waals surface area contributed by atoms with E-state index < -0.39 is 128 Å². The van der Waals surface area contributed by atoms with Gasteiger partial charge in [-0.25, -0.2) is 4.18 Å². The van der Waals surface area contributed by atoms with E-state index in [1.165, 1.54) is 6.92 Å². The van der Waals surface area contributed by atoms with E-state index in [1.807, 2.05) is 0 Å². The molecule has 0 unspecified atom stereocenters. The Balaban J connectivity index is 1.95. The molecule has 0 aromatic rings. The van der Waals surface area contributed by atoms with Gasteiger partial charge in [0.25, 0.3) is 0 Å². The highest BCUT2D eigenvalue weighted by Gasteiger charge is 2.52. The molecule has 9 N–H and O–H groups in total. The van der Waals surface area contributed by atoms with Crippen LogP contribution in [-0.4, -0.2) is 161 Å². The molecule has 0 bridgehead atoms. The lowest BCUT2D eigenvalue weighted by Crippen LogP contribution is -2.68. The number of carbonyl (C=O) groups excluding carboxylic acids is 2. The van der Waals surface area contributed by atoms with E-state index in [0.717, 1.165) is 13.8 Å². The third-order valence-corrected chi connectivity index (χ3v) is 7.44. The average Bonchev–Trinajstić information content (AvgIpc) is 2.89. The van der Waals surface area contributed by atoms with Crippen LogP contribution in [0, 0.1) is 0 Å². The summed E-state index contributed by atoms with van der Waals surface area (Å²) in [6, 6.07) is -2.76. The summed E-state index contributed by atoms with van der Waals surface area (Å²) in [5.74, 6) is -1.34. The zero-order valence-electron chi connectivity index (χ0n) is 22.8. The number of nitrogens with one attached hydrogen (secondary N) is 2. The van der Waals surface area contributed by atoms with Crippen LogP contribution in [0.15, 0.2) is 0 Å². The van der Waals surface area contributed by atoms with Crippen molar-refractivity contribution in [3.05, 3.63) is 0 Å². The zero-order valence-corrected chi connectivity index (χ0v) is 23.6. The highest BCUT2D eigenvalue weighted by atomic mass is 32.3. The summed E-state index contributed by atoms with van der Waals surface area (Å²) in [6.07, 6.45) is -18.6. The van der Waals surface area contributed by atoms with Crippen LogP contribution in [-0.2, 0) is 47.9 Å². The van der Waals surface area contributed by atoms with Crippen molar-refractivity contribution < 1.29 is 81.1 Å². The number of rotatable bonds is 10. The predicted molar refractivity (Wildman–Crippen MR) is 132 cm³/mol. The van der Waals surface area contributed by atoms with Crippen LogP contribution in [0.4, 0.5) is 0 Å². The zero-order chi connectivity index (χ0) is 31.5. The van der Waals surface area contributed by atoms with Gasteiger partial charge in [0.1, 0.15) is 61.0 Å². The molecule has 19 nitrogen and oxygen atoms in total. The quantitative estimate of drug-likeness (QED) is 0.101. The topological polar surface area (TPSA) is 289 Å². The third-order valence-electron chi connectivity index (χ3n) is 6.97. The average molecular weight is 635 g/mol. The lowest BCUT2D eigenvalue weighted by Gasteiger charge is -2.47. The predicted octanol–water partition coefficient (Wildman–Crippen LogP) is -5.75. The van der Waals surface area contributed by atoms with E-state index in [0.29, 0.717) is 0 Å². The van der Waals surface area contributed by atoms with Gasteiger partial charge in [-0.3, -0.25) is 14.1 Å². The Labute approximate surface area is 240 Å². The van der Waals surface area contributed by atoms with Crippen molar-refractivity contribution >= 4 is 22.2 Å². The molecule has 42 heavy (non-hydrogen) atoms. The van der Waals surface area contributed by atoms with Gasteiger partial charge >= 0.3 is 10.4 Å². The van der Waals surface area contributed by atoms with Crippen molar-refractivity contribution in [3.8, 4) is 0 Å². The van der Waals surface area contributed by atoms with Gasteiger partial charge in [0.05, 0.1) is 32.0 Å². The van der Waals surface area contributed by atoms with Gasteiger partial charge in [-0.1, -0.05) is 0 Å². The van der Waals surface area contributed by atoms with E-state index in [2.05, 4.69) is 10.6 Å². The molecule has 3 aliphatic rings. The van der Waals surface area contributed by atoms with Crippen molar-refractivity contribution in [2.75, 3.05) is 19.8 Å². The van der Waals surface area contributed by atoms with E-state index in [1.54, 1.807) is 0 Å². The summed E-state index contributed by atoms with van der Waals surface area (Å²) in [5, 5.41) is 65.6. The second kappa shape index (κ2) is 14.4. The highest BCUT2D eigenvalue weighted by molar-refractivity contribution is 7.80. The summed E-state index contributed by atoms with van der Waals surface area (Å²) in [5.41, 5.74) is 0. The van der Waals surface area contributed by atoms with Gasteiger partial charge in [-0.05, 0) is 6.92 Å². The van der Waals surface area contributed by atoms with Crippen LogP contribution in [0.25, 0.3) is 0 Å². The molecule has 20 heteroatoms. The van der Waals surface area contributed by atoms with Crippen molar-refractivity contribution in [2.45, 2.75) is 106 Å². The molecule has 244 valence electrons. The van der Waals surface area contributed by atoms with E-state index in [-0.39, 0.29) is 0 Å². The first-order valence-corrected chi connectivity index (χ1v) is 14.3. The van der Waals surface area contributed by atoms with Gasteiger partial charge in [0.15, 0.2) is 12.6 Å². The van der Waals surface area contributed by atoms with Gasteiger partial charge < -0.3 is 65.0 Å². The largest absolute Gasteiger partial charge is 0.397 e. The molecule has 0 aliphatic carbocycles. The fourth-order valence-electron chi connectivity index (χ4n) is 4.89. The molecule has 3 saturated heterocycles. The number of carbonyl (C=O) groups is 2. The maximum absolute atomic E-state index is 11.9. The molecule has 3 aliphatic heterocycles. The van der Waals surface area contributed by atoms with Crippen LogP contribution >= 0.6 is 0 Å². The molecule has 3 fully saturated rings. The van der Waals surface area contributed by atoms with E-state index in [9.17, 15) is 53.2 Å². The Morgan fingerprint density at radius 3 is 2.07 bits per heavy atom. The van der Waals surface area contributed by atoms with Crippen molar-refractivity contribution in [1.82, 2.24) is 10.6 Å². The summed E-state index contributed by atoms with van der Waals surface area (Å²) in [6.45, 7) is 1.81. The first-order chi connectivity index (χ1) is 19.5. The van der Waals surface area contributed by atoms with E-state index >= 15 is 0 Å². The standard InChI is InChI=1S/C22H38N2O17S/c1-7-14(28)17(31)18(32)22(38-7)37-6-12-20(19(41-42(33,34)35)10(5-36-12)23-8(2)26)40-21-13(24-9(3)27)16(30)15(29)11(4-25)39-21/h7,10-22,25,28-32H,4-6H2,1-3H3,(H,23,26)(H,24,27)(H,33,34,35)/t7-,10-,11+,12+,13+,14+,15+,16+,17+,18-,19+,20+,21-,22+/m0/s1. The lowest BCUT2D eigenvalue weighted by molar-refractivity contribution is -0.322. The number of amides is 2. The number of aliphatic hydroxyl groups is 6.